The molecule has 9 heteroatoms. The van der Waals surface area contributed by atoms with E-state index >= 15 is 0 Å². The van der Waals surface area contributed by atoms with Crippen molar-refractivity contribution in [2.45, 2.75) is 187 Å². The summed E-state index contributed by atoms with van der Waals surface area (Å²) < 4.78 is 26.1. The number of ether oxygens (including phenoxy) is 2. The van der Waals surface area contributed by atoms with E-state index in [2.05, 4.69) is 30.5 Å². The summed E-state index contributed by atoms with van der Waals surface area (Å²) in [5.74, 6) is -1.15. The molecule has 48 heavy (non-hydrogen) atoms. The Bertz CT molecular complexity index is 879. The van der Waals surface area contributed by atoms with Crippen LogP contribution < -0.4 is 0 Å². The fraction of sp³-hybridized carbons (Fsp3) is 0.795. The van der Waals surface area contributed by atoms with Crippen LogP contribution in [0, 0.1) is 0 Å². The monoisotopic (exact) mass is 698 g/mol. The van der Waals surface area contributed by atoms with E-state index in [1.54, 1.807) is 12.2 Å². The lowest BCUT2D eigenvalue weighted by molar-refractivity contribution is -0.157. The van der Waals surface area contributed by atoms with E-state index in [9.17, 15) is 14.2 Å². The summed E-state index contributed by atoms with van der Waals surface area (Å²) in [4.78, 5) is 42.5. The minimum absolute atomic E-state index is 0.238. The highest BCUT2D eigenvalue weighted by molar-refractivity contribution is 7.46. The van der Waals surface area contributed by atoms with Crippen LogP contribution in [0.1, 0.15) is 181 Å². The summed E-state index contributed by atoms with van der Waals surface area (Å²) >= 11 is 0. The van der Waals surface area contributed by atoms with Crippen LogP contribution in [0.15, 0.2) is 36.5 Å². The number of rotatable bonds is 35. The largest absolute Gasteiger partial charge is 0.469 e. The van der Waals surface area contributed by atoms with Crippen molar-refractivity contribution in [2.24, 2.45) is 0 Å². The highest BCUT2D eigenvalue weighted by Crippen LogP contribution is 2.35. The van der Waals surface area contributed by atoms with E-state index in [0.717, 1.165) is 44.9 Å². The SMILES string of the molecule is CCCCCCCC/C=C/CCCCCCCC(=O)OC[C@H](COP(=O)(O)O)OC(=O)/C=C/C=C/CCCCCCCCCCCCC. The Labute approximate surface area is 293 Å². The second-order valence-corrected chi connectivity index (χ2v) is 14.2. The quantitative estimate of drug-likeness (QED) is 0.0168. The summed E-state index contributed by atoms with van der Waals surface area (Å²) in [6.45, 7) is 3.57. The molecule has 0 aromatic rings. The fourth-order valence-corrected chi connectivity index (χ4v) is 5.69. The highest BCUT2D eigenvalue weighted by Gasteiger charge is 2.22. The van der Waals surface area contributed by atoms with Gasteiger partial charge >= 0.3 is 19.8 Å². The minimum Gasteiger partial charge on any atom is -0.462 e. The van der Waals surface area contributed by atoms with Gasteiger partial charge in [0.2, 0.25) is 0 Å². The van der Waals surface area contributed by atoms with Gasteiger partial charge in [0.15, 0.2) is 6.10 Å². The molecule has 0 unspecified atom stereocenters. The van der Waals surface area contributed by atoms with Gasteiger partial charge in [0.05, 0.1) is 6.61 Å². The number of esters is 2. The Morgan fingerprint density at radius 3 is 1.50 bits per heavy atom. The predicted molar refractivity (Wildman–Crippen MR) is 198 cm³/mol. The Kier molecular flexibility index (Phi) is 33.8. The first kappa shape index (κ1) is 46.3. The molecule has 0 aromatic carbocycles. The van der Waals surface area contributed by atoms with E-state index in [1.165, 1.54) is 115 Å². The molecule has 1 atom stereocenters. The van der Waals surface area contributed by atoms with Gasteiger partial charge in [-0.1, -0.05) is 160 Å². The fourth-order valence-electron chi connectivity index (χ4n) is 5.33. The van der Waals surface area contributed by atoms with Gasteiger partial charge in [0.25, 0.3) is 0 Å². The van der Waals surface area contributed by atoms with Crippen molar-refractivity contribution in [3.63, 3.8) is 0 Å². The summed E-state index contributed by atoms with van der Waals surface area (Å²) in [6, 6.07) is 0. The summed E-state index contributed by atoms with van der Waals surface area (Å²) in [5.41, 5.74) is 0. The number of carbonyl (C=O) groups excluding carboxylic acids is 2. The molecule has 0 aliphatic carbocycles. The van der Waals surface area contributed by atoms with E-state index < -0.39 is 32.5 Å². The molecule has 0 saturated carbocycles. The van der Waals surface area contributed by atoms with Gasteiger partial charge in [-0.2, -0.15) is 0 Å². The Hall–Kier alpha value is -1.73. The number of phosphoric acid groups is 1. The maximum Gasteiger partial charge on any atom is 0.469 e. The molecular weight excluding hydrogens is 627 g/mol. The molecule has 0 radical (unpaired) electrons. The number of allylic oxidation sites excluding steroid dienone is 5. The topological polar surface area (TPSA) is 119 Å². The molecular formula is C39H71O8P. The number of hydrogen-bond acceptors (Lipinski definition) is 6. The normalized spacial score (nSPS) is 12.8. The van der Waals surface area contributed by atoms with Gasteiger partial charge in [-0.25, -0.2) is 9.36 Å². The third-order valence-corrected chi connectivity index (χ3v) is 8.72. The minimum atomic E-state index is -4.78. The van der Waals surface area contributed by atoms with Crippen LogP contribution >= 0.6 is 7.82 Å². The molecule has 0 aliphatic rings. The molecule has 0 fully saturated rings. The molecule has 0 bridgehead atoms. The van der Waals surface area contributed by atoms with Crippen molar-refractivity contribution in [3.05, 3.63) is 36.5 Å². The Morgan fingerprint density at radius 1 is 0.583 bits per heavy atom. The maximum absolute atomic E-state index is 12.2. The third-order valence-electron chi connectivity index (χ3n) is 8.24. The smallest absolute Gasteiger partial charge is 0.462 e. The van der Waals surface area contributed by atoms with Crippen molar-refractivity contribution in [1.29, 1.82) is 0 Å². The first-order chi connectivity index (χ1) is 23.3. The highest BCUT2D eigenvalue weighted by atomic mass is 31.2. The van der Waals surface area contributed by atoms with Crippen LogP contribution in [0.5, 0.6) is 0 Å². The van der Waals surface area contributed by atoms with Gasteiger partial charge in [-0.3, -0.25) is 9.32 Å². The molecule has 0 amide bonds. The van der Waals surface area contributed by atoms with E-state index in [1.807, 2.05) is 6.08 Å². The summed E-state index contributed by atoms with van der Waals surface area (Å²) in [7, 11) is -4.78. The average Bonchev–Trinajstić information content (AvgIpc) is 3.05. The van der Waals surface area contributed by atoms with Crippen LogP contribution in [0.4, 0.5) is 0 Å². The van der Waals surface area contributed by atoms with Gasteiger partial charge < -0.3 is 19.3 Å². The number of phosphoric ester groups is 1. The first-order valence-corrected chi connectivity index (χ1v) is 20.9. The van der Waals surface area contributed by atoms with Gasteiger partial charge in [0.1, 0.15) is 6.61 Å². The number of hydrogen-bond donors (Lipinski definition) is 2. The number of unbranched alkanes of at least 4 members (excludes halogenated alkanes) is 22. The molecule has 0 saturated heterocycles. The van der Waals surface area contributed by atoms with E-state index in [-0.39, 0.29) is 13.0 Å². The Balaban J connectivity index is 4.07. The van der Waals surface area contributed by atoms with Crippen molar-refractivity contribution in [3.8, 4) is 0 Å². The molecule has 2 N–H and O–H groups in total. The van der Waals surface area contributed by atoms with Crippen molar-refractivity contribution in [2.75, 3.05) is 13.2 Å². The van der Waals surface area contributed by atoms with Crippen molar-refractivity contribution in [1.82, 2.24) is 0 Å². The van der Waals surface area contributed by atoms with Crippen molar-refractivity contribution < 1.29 is 37.9 Å². The van der Waals surface area contributed by atoms with Gasteiger partial charge in [-0.15, -0.1) is 0 Å². The molecule has 0 heterocycles. The van der Waals surface area contributed by atoms with Crippen LogP contribution in [-0.2, 0) is 28.2 Å². The zero-order valence-electron chi connectivity index (χ0n) is 30.6. The standard InChI is InChI=1S/C39H71O8P/c1-3-5-7-9-11-13-15-17-19-21-23-25-27-29-31-33-38(40)45-35-37(36-46-48(42,43)44)47-39(41)34-32-30-28-26-24-22-20-18-16-14-12-10-8-6-4-2/h17,19,28,30,32,34,37H,3-16,18,20-27,29,31,33,35-36H2,1-2H3,(H2,42,43,44)/b19-17+,30-28+,34-32+/t37-/m1/s1. The lowest BCUT2D eigenvalue weighted by Crippen LogP contribution is -2.29. The average molecular weight is 699 g/mol. The van der Waals surface area contributed by atoms with Crippen LogP contribution in [0.25, 0.3) is 0 Å². The second kappa shape index (κ2) is 35.1. The molecule has 0 rings (SSSR count). The second-order valence-electron chi connectivity index (χ2n) is 13.0. The molecule has 8 nitrogen and oxygen atoms in total. The van der Waals surface area contributed by atoms with Crippen LogP contribution in [-0.4, -0.2) is 41.0 Å². The first-order valence-electron chi connectivity index (χ1n) is 19.3. The van der Waals surface area contributed by atoms with E-state index in [0.29, 0.717) is 6.42 Å². The number of carbonyl (C=O) groups is 2. The molecule has 280 valence electrons. The maximum atomic E-state index is 12.2. The summed E-state index contributed by atoms with van der Waals surface area (Å²) in [5, 5.41) is 0. The lowest BCUT2D eigenvalue weighted by atomic mass is 10.1. The molecule has 0 aliphatic heterocycles. The zero-order valence-corrected chi connectivity index (χ0v) is 31.5. The van der Waals surface area contributed by atoms with Gasteiger partial charge in [0, 0.05) is 12.5 Å². The van der Waals surface area contributed by atoms with E-state index in [4.69, 9.17) is 19.3 Å². The van der Waals surface area contributed by atoms with Crippen molar-refractivity contribution >= 4 is 19.8 Å². The van der Waals surface area contributed by atoms with Gasteiger partial charge in [-0.05, 0) is 44.9 Å². The zero-order chi connectivity index (χ0) is 35.4. The predicted octanol–water partition coefficient (Wildman–Crippen LogP) is 11.4. The molecule has 0 aromatic heterocycles. The van der Waals surface area contributed by atoms with Crippen LogP contribution in [0.2, 0.25) is 0 Å². The lowest BCUT2D eigenvalue weighted by Gasteiger charge is -2.17. The Morgan fingerprint density at radius 2 is 1.02 bits per heavy atom. The summed E-state index contributed by atoms with van der Waals surface area (Å²) in [6.07, 6.45) is 40.7. The molecule has 0 spiro atoms. The van der Waals surface area contributed by atoms with Crippen LogP contribution in [0.3, 0.4) is 0 Å². The third kappa shape index (κ3) is 37.1.